The number of para-hydroxylation sites is 1. The second-order valence-electron chi connectivity index (χ2n) is 18.7. The molecule has 14 aromatic rings. The van der Waals surface area contributed by atoms with Crippen LogP contribution in [0.15, 0.2) is 277 Å². The summed E-state index contributed by atoms with van der Waals surface area (Å²) in [7, 11) is 0. The fourth-order valence-electron chi connectivity index (χ4n) is 11.4. The third-order valence-electron chi connectivity index (χ3n) is 14.6. The van der Waals surface area contributed by atoms with Crippen LogP contribution in [0.5, 0.6) is 0 Å². The smallest absolute Gasteiger partial charge is 0.143 e. The van der Waals surface area contributed by atoms with Gasteiger partial charge in [0.05, 0.1) is 5.69 Å². The molecule has 0 N–H and O–H groups in total. The second-order valence-corrected chi connectivity index (χ2v) is 18.7. The maximum absolute atomic E-state index is 6.76. The zero-order chi connectivity index (χ0) is 47.5. The lowest BCUT2D eigenvalue weighted by Gasteiger charge is -2.28. The first kappa shape index (κ1) is 41.5. The summed E-state index contributed by atoms with van der Waals surface area (Å²) < 4.78 is 6.76. The summed E-state index contributed by atoms with van der Waals surface area (Å²) >= 11 is 0. The van der Waals surface area contributed by atoms with Crippen LogP contribution in [0.1, 0.15) is 0 Å². The molecule has 2 heteroatoms. The SMILES string of the molecule is c1ccc(-c2c(-c3ccccc3)c3cc(-c4cccc(N(c5ccc(-c6cccc7ccccc67)cc5)c5ccccc5-c5cccc6oc7c8ccccc8ccc7c56)c4)ccc3c3ccccc23)cc1. The highest BCUT2D eigenvalue weighted by molar-refractivity contribution is 6.23. The molecule has 0 bridgehead atoms. The number of furan rings is 1. The molecule has 0 saturated carbocycles. The first-order valence-electron chi connectivity index (χ1n) is 24.7. The van der Waals surface area contributed by atoms with Crippen molar-refractivity contribution in [3.05, 3.63) is 273 Å². The lowest BCUT2D eigenvalue weighted by atomic mass is 9.84. The fourth-order valence-corrected chi connectivity index (χ4v) is 11.4. The second kappa shape index (κ2) is 17.2. The minimum Gasteiger partial charge on any atom is -0.455 e. The van der Waals surface area contributed by atoms with E-state index in [0.29, 0.717) is 0 Å². The summed E-state index contributed by atoms with van der Waals surface area (Å²) in [6.07, 6.45) is 0. The van der Waals surface area contributed by atoms with Crippen molar-refractivity contribution in [2.24, 2.45) is 0 Å². The van der Waals surface area contributed by atoms with Crippen LogP contribution < -0.4 is 4.90 Å². The summed E-state index contributed by atoms with van der Waals surface area (Å²) in [6, 6.07) is 99.3. The molecule has 13 aromatic carbocycles. The highest BCUT2D eigenvalue weighted by atomic mass is 16.3. The van der Waals surface area contributed by atoms with Crippen LogP contribution in [-0.4, -0.2) is 0 Å². The van der Waals surface area contributed by atoms with Gasteiger partial charge in [-0.3, -0.25) is 0 Å². The number of hydrogen-bond acceptors (Lipinski definition) is 2. The Hall–Kier alpha value is -9.50. The Morgan fingerprint density at radius 3 is 1.58 bits per heavy atom. The molecule has 0 unspecified atom stereocenters. The molecule has 0 amide bonds. The van der Waals surface area contributed by atoms with E-state index >= 15 is 0 Å². The molecule has 14 rings (SSSR count). The van der Waals surface area contributed by atoms with Gasteiger partial charge in [0.2, 0.25) is 0 Å². The lowest BCUT2D eigenvalue weighted by Crippen LogP contribution is -2.11. The molecular weight excluding hydrogens is 871 g/mol. The van der Waals surface area contributed by atoms with E-state index in [9.17, 15) is 0 Å². The minimum absolute atomic E-state index is 0.871. The van der Waals surface area contributed by atoms with Crippen LogP contribution in [0, 0.1) is 0 Å². The Kier molecular flexibility index (Phi) is 9.89. The van der Waals surface area contributed by atoms with Crippen LogP contribution in [0.25, 0.3) is 121 Å². The van der Waals surface area contributed by atoms with Gasteiger partial charge in [-0.2, -0.15) is 0 Å². The van der Waals surface area contributed by atoms with Crippen molar-refractivity contribution in [1.82, 2.24) is 0 Å². The molecule has 72 heavy (non-hydrogen) atoms. The van der Waals surface area contributed by atoms with Crippen molar-refractivity contribution in [3.8, 4) is 55.6 Å². The van der Waals surface area contributed by atoms with E-state index in [1.54, 1.807) is 0 Å². The van der Waals surface area contributed by atoms with Crippen LogP contribution in [0.2, 0.25) is 0 Å². The van der Waals surface area contributed by atoms with E-state index in [0.717, 1.165) is 72.0 Å². The highest BCUT2D eigenvalue weighted by Crippen LogP contribution is 2.49. The van der Waals surface area contributed by atoms with Gasteiger partial charge in [-0.05, 0) is 136 Å². The van der Waals surface area contributed by atoms with E-state index < -0.39 is 0 Å². The standard InChI is InChI=1S/C70H45NO/c1-3-20-49(21-4-1)67-61-31-12-11-29-58(61)59-42-39-52(45-64(59)68(67)50-22-5-2-6-23-50)51-25-15-26-54(44-51)71(53-40-36-48(37-41-53)56-32-16-24-46-18-7-9-27-55(46)56)65-34-14-13-30-60(65)62-33-17-35-66-69(62)63-43-38-47-19-8-10-28-57(47)70(63)72-66/h1-45H. The van der Waals surface area contributed by atoms with Gasteiger partial charge in [0, 0.05) is 33.1 Å². The third kappa shape index (κ3) is 6.88. The number of fused-ring (bicyclic) bond motifs is 9. The van der Waals surface area contributed by atoms with Crippen LogP contribution >= 0.6 is 0 Å². The summed E-state index contributed by atoms with van der Waals surface area (Å²) in [5.74, 6) is 0. The van der Waals surface area contributed by atoms with Crippen molar-refractivity contribution < 1.29 is 4.42 Å². The van der Waals surface area contributed by atoms with Gasteiger partial charge in [-0.15, -0.1) is 0 Å². The zero-order valence-electron chi connectivity index (χ0n) is 39.3. The Labute approximate surface area is 417 Å². The molecule has 0 saturated heterocycles. The Balaban J connectivity index is 0.977. The van der Waals surface area contributed by atoms with Gasteiger partial charge < -0.3 is 9.32 Å². The maximum atomic E-state index is 6.76. The average molecular weight is 916 g/mol. The molecule has 336 valence electrons. The zero-order valence-corrected chi connectivity index (χ0v) is 39.3. The molecule has 0 fully saturated rings. The normalized spacial score (nSPS) is 11.6. The van der Waals surface area contributed by atoms with E-state index in [-0.39, 0.29) is 0 Å². The van der Waals surface area contributed by atoms with Crippen molar-refractivity contribution in [2.45, 2.75) is 0 Å². The molecule has 0 atom stereocenters. The Bertz CT molecular complexity index is 4370. The van der Waals surface area contributed by atoms with E-state index in [1.165, 1.54) is 65.7 Å². The maximum Gasteiger partial charge on any atom is 0.143 e. The lowest BCUT2D eigenvalue weighted by molar-refractivity contribution is 0.673. The number of anilines is 3. The van der Waals surface area contributed by atoms with E-state index in [2.05, 4.69) is 278 Å². The summed E-state index contributed by atoms with van der Waals surface area (Å²) in [5, 5.41) is 11.9. The van der Waals surface area contributed by atoms with E-state index in [1.807, 2.05) is 0 Å². The Morgan fingerprint density at radius 2 is 0.792 bits per heavy atom. The number of benzene rings is 13. The summed E-state index contributed by atoms with van der Waals surface area (Å²) in [5.41, 5.74) is 16.8. The Morgan fingerprint density at radius 1 is 0.264 bits per heavy atom. The highest BCUT2D eigenvalue weighted by Gasteiger charge is 2.23. The van der Waals surface area contributed by atoms with Crippen molar-refractivity contribution in [1.29, 1.82) is 0 Å². The summed E-state index contributed by atoms with van der Waals surface area (Å²) in [4.78, 5) is 2.43. The largest absolute Gasteiger partial charge is 0.455 e. The first-order valence-corrected chi connectivity index (χ1v) is 24.7. The molecule has 0 spiro atoms. The van der Waals surface area contributed by atoms with Crippen LogP contribution in [-0.2, 0) is 0 Å². The van der Waals surface area contributed by atoms with E-state index in [4.69, 9.17) is 4.42 Å². The average Bonchev–Trinajstić information content (AvgIpc) is 3.85. The van der Waals surface area contributed by atoms with Gasteiger partial charge in [-0.1, -0.05) is 224 Å². The van der Waals surface area contributed by atoms with Gasteiger partial charge in [0.1, 0.15) is 11.2 Å². The van der Waals surface area contributed by atoms with Crippen molar-refractivity contribution in [3.63, 3.8) is 0 Å². The molecule has 0 radical (unpaired) electrons. The van der Waals surface area contributed by atoms with Crippen molar-refractivity contribution in [2.75, 3.05) is 4.90 Å². The van der Waals surface area contributed by atoms with Crippen LogP contribution in [0.4, 0.5) is 17.1 Å². The van der Waals surface area contributed by atoms with Gasteiger partial charge >= 0.3 is 0 Å². The fraction of sp³-hybridized carbons (Fsp3) is 0. The number of rotatable bonds is 8. The third-order valence-corrected chi connectivity index (χ3v) is 14.6. The first-order chi connectivity index (χ1) is 35.7. The number of nitrogens with zero attached hydrogens (tertiary/aromatic N) is 1. The van der Waals surface area contributed by atoms with Gasteiger partial charge in [0.15, 0.2) is 0 Å². The quantitative estimate of drug-likeness (QED) is 0.141. The molecular formula is C70H45NO. The predicted octanol–water partition coefficient (Wildman–Crippen LogP) is 20.0. The van der Waals surface area contributed by atoms with Gasteiger partial charge in [0.25, 0.3) is 0 Å². The molecule has 0 aliphatic carbocycles. The molecule has 0 aliphatic rings. The topological polar surface area (TPSA) is 16.4 Å². The molecule has 0 aliphatic heterocycles. The number of hydrogen-bond donors (Lipinski definition) is 0. The minimum atomic E-state index is 0.871. The van der Waals surface area contributed by atoms with Crippen molar-refractivity contribution >= 4 is 82.1 Å². The predicted molar refractivity (Wildman–Crippen MR) is 306 cm³/mol. The summed E-state index contributed by atoms with van der Waals surface area (Å²) in [6.45, 7) is 0. The molecule has 2 nitrogen and oxygen atoms in total. The molecule has 1 aromatic heterocycles. The van der Waals surface area contributed by atoms with Crippen LogP contribution in [0.3, 0.4) is 0 Å². The van der Waals surface area contributed by atoms with Gasteiger partial charge in [-0.25, -0.2) is 0 Å². The monoisotopic (exact) mass is 915 g/mol. The molecule has 1 heterocycles.